The van der Waals surface area contributed by atoms with E-state index in [2.05, 4.69) is 34.6 Å². The summed E-state index contributed by atoms with van der Waals surface area (Å²) in [5.74, 6) is 2.26. The summed E-state index contributed by atoms with van der Waals surface area (Å²) in [7, 11) is 0. The Morgan fingerprint density at radius 2 is 1.15 bits per heavy atom. The van der Waals surface area contributed by atoms with Crippen LogP contribution in [0.3, 0.4) is 0 Å². The molecule has 1 saturated heterocycles. The van der Waals surface area contributed by atoms with E-state index in [9.17, 15) is 0 Å². The fourth-order valence-electron chi connectivity index (χ4n) is 2.56. The van der Waals surface area contributed by atoms with E-state index in [0.29, 0.717) is 12.2 Å². The van der Waals surface area contributed by atoms with Crippen LogP contribution in [0.4, 0.5) is 0 Å². The first-order valence-electron chi connectivity index (χ1n) is 5.77. The zero-order valence-electron chi connectivity index (χ0n) is 9.71. The van der Waals surface area contributed by atoms with Crippen molar-refractivity contribution in [2.45, 2.75) is 59.7 Å². The van der Waals surface area contributed by atoms with Gasteiger partial charge >= 0.3 is 0 Å². The quantitative estimate of drug-likeness (QED) is 0.638. The van der Waals surface area contributed by atoms with Gasteiger partial charge in [0.1, 0.15) is 0 Å². The fourth-order valence-corrected chi connectivity index (χ4v) is 2.56. The van der Waals surface area contributed by atoms with Crippen LogP contribution in [0.1, 0.15) is 47.5 Å². The van der Waals surface area contributed by atoms with Crippen LogP contribution < -0.4 is 0 Å². The molecule has 0 aromatic heterocycles. The Balaban J connectivity index is 2.66. The summed E-state index contributed by atoms with van der Waals surface area (Å²) in [4.78, 5) is 0. The number of hydrogen-bond donors (Lipinski definition) is 0. The molecule has 1 heteroatoms. The van der Waals surface area contributed by atoms with Gasteiger partial charge in [0, 0.05) is 0 Å². The predicted molar refractivity (Wildman–Crippen MR) is 56.7 cm³/mol. The lowest BCUT2D eigenvalue weighted by molar-refractivity contribution is -0.134. The SMILES string of the molecule is CCC1OC(CC)C(C)C(C)C1C. The number of ether oxygens (including phenoxy) is 1. The summed E-state index contributed by atoms with van der Waals surface area (Å²) >= 11 is 0. The number of hydrogen-bond acceptors (Lipinski definition) is 1. The molecule has 0 bridgehead atoms. The zero-order chi connectivity index (χ0) is 10.0. The normalized spacial score (nSPS) is 46.4. The molecule has 1 fully saturated rings. The van der Waals surface area contributed by atoms with E-state index in [1.807, 2.05) is 0 Å². The van der Waals surface area contributed by atoms with E-state index in [4.69, 9.17) is 4.74 Å². The molecule has 0 radical (unpaired) electrons. The van der Waals surface area contributed by atoms with E-state index < -0.39 is 0 Å². The Kier molecular flexibility index (Phi) is 3.78. The summed E-state index contributed by atoms with van der Waals surface area (Å²) in [6.07, 6.45) is 3.32. The maximum absolute atomic E-state index is 6.08. The minimum absolute atomic E-state index is 0.496. The maximum atomic E-state index is 6.08. The van der Waals surface area contributed by atoms with Crippen molar-refractivity contribution in [3.8, 4) is 0 Å². The van der Waals surface area contributed by atoms with Gasteiger partial charge in [0.2, 0.25) is 0 Å². The van der Waals surface area contributed by atoms with Crippen LogP contribution in [0.2, 0.25) is 0 Å². The molecule has 78 valence electrons. The Labute approximate surface area is 82.9 Å². The van der Waals surface area contributed by atoms with Gasteiger partial charge in [-0.3, -0.25) is 0 Å². The molecule has 0 spiro atoms. The molecule has 1 rings (SSSR count). The van der Waals surface area contributed by atoms with Gasteiger partial charge in [-0.1, -0.05) is 34.6 Å². The lowest BCUT2D eigenvalue weighted by Crippen LogP contribution is -2.44. The van der Waals surface area contributed by atoms with Crippen molar-refractivity contribution in [2.24, 2.45) is 17.8 Å². The first-order chi connectivity index (χ1) is 6.11. The average molecular weight is 184 g/mol. The summed E-state index contributed by atoms with van der Waals surface area (Å²) in [6.45, 7) is 11.5. The summed E-state index contributed by atoms with van der Waals surface area (Å²) in [5, 5.41) is 0. The van der Waals surface area contributed by atoms with Crippen LogP contribution in [0.5, 0.6) is 0 Å². The largest absolute Gasteiger partial charge is 0.374 e. The third-order valence-electron chi connectivity index (χ3n) is 3.99. The van der Waals surface area contributed by atoms with Gasteiger partial charge < -0.3 is 4.74 Å². The summed E-state index contributed by atoms with van der Waals surface area (Å²) < 4.78 is 6.08. The molecule has 0 amide bonds. The third kappa shape index (κ3) is 2.07. The smallest absolute Gasteiger partial charge is 0.0604 e. The lowest BCUT2D eigenvalue weighted by Gasteiger charge is -2.43. The maximum Gasteiger partial charge on any atom is 0.0604 e. The minimum atomic E-state index is 0.496. The zero-order valence-corrected chi connectivity index (χ0v) is 9.71. The highest BCUT2D eigenvalue weighted by molar-refractivity contribution is 4.84. The lowest BCUT2D eigenvalue weighted by atomic mass is 9.75. The second-order valence-electron chi connectivity index (χ2n) is 4.61. The van der Waals surface area contributed by atoms with Crippen molar-refractivity contribution in [2.75, 3.05) is 0 Å². The first-order valence-corrected chi connectivity index (χ1v) is 5.77. The summed E-state index contributed by atoms with van der Waals surface area (Å²) in [6, 6.07) is 0. The highest BCUT2D eigenvalue weighted by atomic mass is 16.5. The van der Waals surface area contributed by atoms with Gasteiger partial charge in [0.15, 0.2) is 0 Å². The molecular formula is C12H24O. The topological polar surface area (TPSA) is 9.23 Å². The molecular weight excluding hydrogens is 160 g/mol. The fraction of sp³-hybridized carbons (Fsp3) is 1.00. The van der Waals surface area contributed by atoms with Crippen LogP contribution in [-0.2, 0) is 4.74 Å². The second kappa shape index (κ2) is 4.45. The van der Waals surface area contributed by atoms with Crippen LogP contribution in [-0.4, -0.2) is 12.2 Å². The van der Waals surface area contributed by atoms with Crippen LogP contribution in [0, 0.1) is 17.8 Å². The van der Waals surface area contributed by atoms with Crippen molar-refractivity contribution >= 4 is 0 Å². The highest BCUT2D eigenvalue weighted by Crippen LogP contribution is 2.36. The Bertz CT molecular complexity index is 135. The van der Waals surface area contributed by atoms with Gasteiger partial charge in [0.25, 0.3) is 0 Å². The average Bonchev–Trinajstić information content (AvgIpc) is 2.15. The molecule has 0 saturated carbocycles. The minimum Gasteiger partial charge on any atom is -0.374 e. The van der Waals surface area contributed by atoms with Crippen molar-refractivity contribution in [1.29, 1.82) is 0 Å². The second-order valence-corrected chi connectivity index (χ2v) is 4.61. The molecule has 0 aromatic carbocycles. The van der Waals surface area contributed by atoms with Crippen molar-refractivity contribution < 1.29 is 4.74 Å². The standard InChI is InChI=1S/C12H24O/c1-6-11-9(4)8(3)10(5)12(7-2)13-11/h8-12H,6-7H2,1-5H3. The van der Waals surface area contributed by atoms with E-state index >= 15 is 0 Å². The molecule has 4 atom stereocenters. The van der Waals surface area contributed by atoms with Gasteiger partial charge in [-0.15, -0.1) is 0 Å². The third-order valence-corrected chi connectivity index (χ3v) is 3.99. The molecule has 1 heterocycles. The molecule has 1 nitrogen and oxygen atoms in total. The van der Waals surface area contributed by atoms with E-state index in [1.54, 1.807) is 0 Å². The van der Waals surface area contributed by atoms with E-state index in [0.717, 1.165) is 30.6 Å². The Morgan fingerprint density at radius 3 is 1.46 bits per heavy atom. The van der Waals surface area contributed by atoms with Crippen molar-refractivity contribution in [1.82, 2.24) is 0 Å². The van der Waals surface area contributed by atoms with Crippen molar-refractivity contribution in [3.05, 3.63) is 0 Å². The predicted octanol–water partition coefficient (Wildman–Crippen LogP) is 3.48. The molecule has 4 unspecified atom stereocenters. The van der Waals surface area contributed by atoms with E-state index in [1.165, 1.54) is 0 Å². The van der Waals surface area contributed by atoms with Crippen LogP contribution in [0.15, 0.2) is 0 Å². The molecule has 0 N–H and O–H groups in total. The molecule has 0 aliphatic carbocycles. The summed E-state index contributed by atoms with van der Waals surface area (Å²) in [5.41, 5.74) is 0. The van der Waals surface area contributed by atoms with Gasteiger partial charge in [-0.2, -0.15) is 0 Å². The monoisotopic (exact) mass is 184 g/mol. The molecule has 1 aliphatic heterocycles. The molecule has 1 aliphatic rings. The highest BCUT2D eigenvalue weighted by Gasteiger charge is 2.36. The van der Waals surface area contributed by atoms with Gasteiger partial charge in [0.05, 0.1) is 12.2 Å². The Hall–Kier alpha value is -0.0400. The van der Waals surface area contributed by atoms with Gasteiger partial charge in [-0.05, 0) is 30.6 Å². The van der Waals surface area contributed by atoms with Crippen molar-refractivity contribution in [3.63, 3.8) is 0 Å². The number of rotatable bonds is 2. The molecule has 0 aromatic rings. The van der Waals surface area contributed by atoms with Gasteiger partial charge in [-0.25, -0.2) is 0 Å². The van der Waals surface area contributed by atoms with Crippen LogP contribution >= 0.6 is 0 Å². The first kappa shape index (κ1) is 11.0. The van der Waals surface area contributed by atoms with E-state index in [-0.39, 0.29) is 0 Å². The molecule has 13 heavy (non-hydrogen) atoms. The Morgan fingerprint density at radius 1 is 0.769 bits per heavy atom. The van der Waals surface area contributed by atoms with Crippen LogP contribution in [0.25, 0.3) is 0 Å².